The summed E-state index contributed by atoms with van der Waals surface area (Å²) >= 11 is 0. The summed E-state index contributed by atoms with van der Waals surface area (Å²) < 4.78 is 110. The van der Waals surface area contributed by atoms with Crippen LogP contribution in [0.5, 0.6) is 5.75 Å². The van der Waals surface area contributed by atoms with Crippen molar-refractivity contribution in [3.05, 3.63) is 57.0 Å². The van der Waals surface area contributed by atoms with E-state index in [4.69, 9.17) is 9.47 Å². The number of hydrogen-bond donors (Lipinski definition) is 2. The molecule has 4 atom stereocenters. The molecule has 0 spiro atoms. The number of ether oxygens (including phenoxy) is 2. The summed E-state index contributed by atoms with van der Waals surface area (Å²) in [5.41, 5.74) is -3.44. The van der Waals surface area contributed by atoms with Crippen molar-refractivity contribution in [2.45, 2.75) is 50.5 Å². The second-order valence-electron chi connectivity index (χ2n) is 9.96. The Balaban J connectivity index is 1.85. The highest BCUT2D eigenvalue weighted by atomic mass is 19.4. The number of aromatic amines is 1. The number of H-pyrrole nitrogens is 1. The molecular weight excluding hydrogens is 523 g/mol. The van der Waals surface area contributed by atoms with Crippen LogP contribution in [0.3, 0.4) is 0 Å². The molecule has 1 aromatic carbocycles. The first kappa shape index (κ1) is 28.2. The van der Waals surface area contributed by atoms with Crippen LogP contribution in [0, 0.1) is 24.5 Å². The zero-order valence-corrected chi connectivity index (χ0v) is 21.1. The maximum absolute atomic E-state index is 14.6. The molecule has 0 bridgehead atoms. The fraction of sp³-hybridized carbons (Fsp3) is 0.560. The Labute approximate surface area is 214 Å². The van der Waals surface area contributed by atoms with Gasteiger partial charge in [-0.1, -0.05) is 13.0 Å². The average Bonchev–Trinajstić information content (AvgIpc) is 2.96. The third-order valence-electron chi connectivity index (χ3n) is 7.51. The molecule has 2 fully saturated rings. The van der Waals surface area contributed by atoms with E-state index in [2.05, 4.69) is 10.3 Å². The van der Waals surface area contributed by atoms with Gasteiger partial charge in [0.2, 0.25) is 11.2 Å². The SMILES string of the molecule is COc1c([C@H]2[C@H](c3cc(=O)c(N4CCNCC(F)(F)C4)c(C)[nH]3)O[C@@](C)(C(F)(F)F)[C@H]2C)ccc(F)c1F. The minimum Gasteiger partial charge on any atom is -0.493 e. The number of anilines is 1. The highest BCUT2D eigenvalue weighted by molar-refractivity contribution is 5.52. The van der Waals surface area contributed by atoms with Gasteiger partial charge >= 0.3 is 6.18 Å². The number of halogens is 7. The predicted molar refractivity (Wildman–Crippen MR) is 125 cm³/mol. The molecule has 4 rings (SSSR count). The van der Waals surface area contributed by atoms with Gasteiger partial charge in [-0.25, -0.2) is 13.2 Å². The van der Waals surface area contributed by atoms with Crippen LogP contribution in [0.15, 0.2) is 23.0 Å². The van der Waals surface area contributed by atoms with Crippen molar-refractivity contribution in [2.24, 2.45) is 5.92 Å². The summed E-state index contributed by atoms with van der Waals surface area (Å²) in [6, 6.07) is 2.92. The molecule has 2 aliphatic rings. The van der Waals surface area contributed by atoms with E-state index in [-0.39, 0.29) is 35.7 Å². The second-order valence-corrected chi connectivity index (χ2v) is 9.96. The first-order valence-electron chi connectivity index (χ1n) is 11.9. The number of aryl methyl sites for hydroxylation is 1. The standard InChI is InChI=1S/C25H28F7N3O3/c1-12-18(14-5-6-15(26)19(27)21(14)37-4)22(38-23(12,3)25(30,31)32)16-9-17(36)20(13(2)34-16)35-8-7-33-10-24(28,29)11-35/h5-6,9,12,18,22,33H,7-8,10-11H2,1-4H3,(H,34,36)/t12-,18-,22-,23+/m0/s1. The van der Waals surface area contributed by atoms with Crippen LogP contribution in [-0.2, 0) is 4.74 Å². The third kappa shape index (κ3) is 4.74. The van der Waals surface area contributed by atoms with E-state index in [1.54, 1.807) is 0 Å². The van der Waals surface area contributed by atoms with E-state index >= 15 is 0 Å². The van der Waals surface area contributed by atoms with E-state index in [0.717, 1.165) is 32.2 Å². The molecule has 2 N–H and O–H groups in total. The van der Waals surface area contributed by atoms with Gasteiger partial charge in [0.1, 0.15) is 11.8 Å². The molecule has 0 saturated carbocycles. The number of nitrogens with one attached hydrogen (secondary N) is 2. The van der Waals surface area contributed by atoms with Crippen molar-refractivity contribution in [2.75, 3.05) is 38.2 Å². The molecule has 38 heavy (non-hydrogen) atoms. The third-order valence-corrected chi connectivity index (χ3v) is 7.51. The molecule has 210 valence electrons. The van der Waals surface area contributed by atoms with Crippen molar-refractivity contribution in [3.8, 4) is 5.75 Å². The zero-order valence-electron chi connectivity index (χ0n) is 21.1. The van der Waals surface area contributed by atoms with E-state index in [9.17, 15) is 35.5 Å². The Morgan fingerprint density at radius 2 is 1.89 bits per heavy atom. The monoisotopic (exact) mass is 551 g/mol. The van der Waals surface area contributed by atoms with E-state index < -0.39 is 71.5 Å². The zero-order chi connectivity index (χ0) is 28.2. The Kier molecular flexibility index (Phi) is 7.23. The lowest BCUT2D eigenvalue weighted by molar-refractivity contribution is -0.275. The number of alkyl halides is 5. The van der Waals surface area contributed by atoms with Crippen LogP contribution in [0.4, 0.5) is 36.4 Å². The number of nitrogens with zero attached hydrogens (tertiary/aromatic N) is 1. The van der Waals surface area contributed by atoms with Gasteiger partial charge in [-0.2, -0.15) is 17.6 Å². The summed E-state index contributed by atoms with van der Waals surface area (Å²) in [6.07, 6.45) is -6.31. The van der Waals surface area contributed by atoms with Gasteiger partial charge in [-0.05, 0) is 19.9 Å². The molecule has 0 unspecified atom stereocenters. The van der Waals surface area contributed by atoms with Crippen LogP contribution in [0.25, 0.3) is 0 Å². The number of hydrogen-bond acceptors (Lipinski definition) is 5. The van der Waals surface area contributed by atoms with Crippen molar-refractivity contribution in [3.63, 3.8) is 0 Å². The van der Waals surface area contributed by atoms with Gasteiger partial charge in [0.25, 0.3) is 5.92 Å². The second kappa shape index (κ2) is 9.74. The fourth-order valence-corrected chi connectivity index (χ4v) is 5.42. The smallest absolute Gasteiger partial charge is 0.417 e. The van der Waals surface area contributed by atoms with Gasteiger partial charge < -0.3 is 24.7 Å². The Morgan fingerprint density at radius 1 is 1.21 bits per heavy atom. The highest BCUT2D eigenvalue weighted by Crippen LogP contribution is 2.59. The Morgan fingerprint density at radius 3 is 2.50 bits per heavy atom. The first-order chi connectivity index (χ1) is 17.6. The largest absolute Gasteiger partial charge is 0.493 e. The summed E-state index contributed by atoms with van der Waals surface area (Å²) in [6.45, 7) is 2.59. The van der Waals surface area contributed by atoms with E-state index in [1.807, 2.05) is 0 Å². The number of benzene rings is 1. The summed E-state index contributed by atoms with van der Waals surface area (Å²) in [5, 5.41) is 2.60. The topological polar surface area (TPSA) is 66.6 Å². The lowest BCUT2D eigenvalue weighted by Crippen LogP contribution is -2.46. The lowest BCUT2D eigenvalue weighted by Gasteiger charge is -2.32. The van der Waals surface area contributed by atoms with Crippen molar-refractivity contribution in [1.29, 1.82) is 0 Å². The first-order valence-corrected chi connectivity index (χ1v) is 11.9. The van der Waals surface area contributed by atoms with Gasteiger partial charge in [-0.3, -0.25) is 4.79 Å². The summed E-state index contributed by atoms with van der Waals surface area (Å²) in [5.74, 6) is -8.85. The van der Waals surface area contributed by atoms with Crippen LogP contribution in [0.2, 0.25) is 0 Å². The number of aromatic nitrogens is 1. The number of methoxy groups -OCH3 is 1. The number of rotatable bonds is 4. The molecule has 6 nitrogen and oxygen atoms in total. The Hall–Kier alpha value is -2.80. The lowest BCUT2D eigenvalue weighted by atomic mass is 9.76. The molecule has 0 radical (unpaired) electrons. The number of pyridine rings is 1. The maximum Gasteiger partial charge on any atom is 0.417 e. The fourth-order valence-electron chi connectivity index (χ4n) is 5.42. The van der Waals surface area contributed by atoms with Crippen molar-refractivity contribution >= 4 is 5.69 Å². The van der Waals surface area contributed by atoms with Crippen molar-refractivity contribution < 1.29 is 40.2 Å². The van der Waals surface area contributed by atoms with Crippen LogP contribution >= 0.6 is 0 Å². The minimum absolute atomic E-state index is 0.0382. The van der Waals surface area contributed by atoms with Crippen LogP contribution in [-0.4, -0.2) is 56.0 Å². The highest BCUT2D eigenvalue weighted by Gasteiger charge is 2.65. The normalized spacial score (nSPS) is 27.9. The van der Waals surface area contributed by atoms with E-state index in [1.165, 1.54) is 18.7 Å². The molecule has 2 aromatic rings. The quantitative estimate of drug-likeness (QED) is 0.534. The molecule has 13 heteroatoms. The molecule has 0 amide bonds. The average molecular weight is 552 g/mol. The molecule has 0 aliphatic carbocycles. The molecule has 2 saturated heterocycles. The molecule has 1 aromatic heterocycles. The molecule has 2 aliphatic heterocycles. The minimum atomic E-state index is -4.86. The van der Waals surface area contributed by atoms with Gasteiger partial charge in [0, 0.05) is 47.9 Å². The van der Waals surface area contributed by atoms with Crippen LogP contribution in [0.1, 0.15) is 42.8 Å². The summed E-state index contributed by atoms with van der Waals surface area (Å²) in [7, 11) is 1.06. The summed E-state index contributed by atoms with van der Waals surface area (Å²) in [4.78, 5) is 17.3. The van der Waals surface area contributed by atoms with Gasteiger partial charge in [0.15, 0.2) is 17.2 Å². The predicted octanol–water partition coefficient (Wildman–Crippen LogP) is 4.83. The molecule has 3 heterocycles. The van der Waals surface area contributed by atoms with Gasteiger partial charge in [-0.15, -0.1) is 0 Å². The van der Waals surface area contributed by atoms with Crippen LogP contribution < -0.4 is 20.4 Å². The molecular formula is C25H28F7N3O3. The maximum atomic E-state index is 14.6. The van der Waals surface area contributed by atoms with E-state index in [0.29, 0.717) is 0 Å². The van der Waals surface area contributed by atoms with Crippen molar-refractivity contribution in [1.82, 2.24) is 10.3 Å². The Bertz CT molecular complexity index is 1270. The van der Waals surface area contributed by atoms with Gasteiger partial charge in [0.05, 0.1) is 20.2 Å².